The van der Waals surface area contributed by atoms with Crippen LogP contribution in [0.5, 0.6) is 0 Å². The van der Waals surface area contributed by atoms with Gasteiger partial charge in [-0.1, -0.05) is 18.9 Å². The Labute approximate surface area is 143 Å². The first-order valence-corrected chi connectivity index (χ1v) is 8.60. The number of carboxylic acids is 1. The number of aromatic nitrogens is 2. The third-order valence-corrected chi connectivity index (χ3v) is 5.45. The van der Waals surface area contributed by atoms with Crippen LogP contribution in [-0.4, -0.2) is 43.4 Å². The number of fused-ring (bicyclic) bond motifs is 2. The predicted molar refractivity (Wildman–Crippen MR) is 89.4 cm³/mol. The molecule has 2 aromatic rings. The number of carbonyl (C=O) groups is 2. The lowest BCUT2D eigenvalue weighted by molar-refractivity contribution is -0.141. The molecular formula is C18H19N3O4. The molecular weight excluding hydrogens is 322 g/mol. The SMILES string of the molecule is O=C(O)C1CC2CCCCC2N1C(=O)c1cnc2ccccn2c1=O. The van der Waals surface area contributed by atoms with Gasteiger partial charge in [0.25, 0.3) is 11.5 Å². The lowest BCUT2D eigenvalue weighted by atomic mass is 9.84. The van der Waals surface area contributed by atoms with Gasteiger partial charge in [-0.25, -0.2) is 9.78 Å². The number of hydrogen-bond acceptors (Lipinski definition) is 4. The molecule has 3 atom stereocenters. The molecule has 7 nitrogen and oxygen atoms in total. The first-order valence-electron chi connectivity index (χ1n) is 8.60. The lowest BCUT2D eigenvalue weighted by Crippen LogP contribution is -2.47. The molecule has 2 aromatic heterocycles. The maximum absolute atomic E-state index is 13.1. The van der Waals surface area contributed by atoms with Gasteiger partial charge in [-0.05, 0) is 37.3 Å². The van der Waals surface area contributed by atoms with E-state index >= 15 is 0 Å². The maximum atomic E-state index is 13.1. The minimum atomic E-state index is -1.00. The van der Waals surface area contributed by atoms with Crippen LogP contribution in [0.25, 0.3) is 5.65 Å². The second-order valence-electron chi connectivity index (χ2n) is 6.82. The molecule has 1 N–H and O–H groups in total. The highest BCUT2D eigenvalue weighted by molar-refractivity contribution is 5.97. The van der Waals surface area contributed by atoms with Crippen molar-refractivity contribution in [3.63, 3.8) is 0 Å². The normalized spacial score (nSPS) is 25.8. The second-order valence-corrected chi connectivity index (χ2v) is 6.82. The van der Waals surface area contributed by atoms with Crippen LogP contribution in [0.3, 0.4) is 0 Å². The van der Waals surface area contributed by atoms with Crippen LogP contribution in [-0.2, 0) is 4.79 Å². The van der Waals surface area contributed by atoms with E-state index in [1.54, 1.807) is 24.4 Å². The molecule has 25 heavy (non-hydrogen) atoms. The van der Waals surface area contributed by atoms with Gasteiger partial charge in [0, 0.05) is 18.4 Å². The molecule has 1 aliphatic heterocycles. The third kappa shape index (κ3) is 2.50. The van der Waals surface area contributed by atoms with E-state index < -0.39 is 23.5 Å². The highest BCUT2D eigenvalue weighted by Gasteiger charge is 2.48. The van der Waals surface area contributed by atoms with Gasteiger partial charge in [0.15, 0.2) is 0 Å². The van der Waals surface area contributed by atoms with Crippen LogP contribution in [0.2, 0.25) is 0 Å². The van der Waals surface area contributed by atoms with Gasteiger partial charge in [-0.15, -0.1) is 0 Å². The summed E-state index contributed by atoms with van der Waals surface area (Å²) in [6, 6.07) is 4.17. The monoisotopic (exact) mass is 341 g/mol. The topological polar surface area (TPSA) is 92.0 Å². The number of carboxylic acid groups (broad SMARTS) is 1. The Morgan fingerprint density at radius 1 is 1.20 bits per heavy atom. The number of hydrogen-bond donors (Lipinski definition) is 1. The van der Waals surface area contributed by atoms with Crippen molar-refractivity contribution in [1.82, 2.24) is 14.3 Å². The molecule has 3 unspecified atom stereocenters. The average Bonchev–Trinajstić information content (AvgIpc) is 3.01. The summed E-state index contributed by atoms with van der Waals surface area (Å²) in [6.07, 6.45) is 7.07. The van der Waals surface area contributed by atoms with Gasteiger partial charge >= 0.3 is 5.97 Å². The molecule has 7 heteroatoms. The fraction of sp³-hybridized carbons (Fsp3) is 0.444. The van der Waals surface area contributed by atoms with E-state index in [4.69, 9.17) is 0 Å². The van der Waals surface area contributed by atoms with E-state index in [9.17, 15) is 19.5 Å². The first kappa shape index (κ1) is 15.8. The minimum Gasteiger partial charge on any atom is -0.480 e. The standard InChI is InChI=1S/C18H19N3O4/c22-16-12(10-19-15-7-3-4-8-20(15)16)17(23)21-13-6-2-1-5-11(13)9-14(21)18(24)25/h3-4,7-8,10-11,13-14H,1-2,5-6,9H2,(H,24,25). The number of amides is 1. The van der Waals surface area contributed by atoms with Crippen LogP contribution < -0.4 is 5.56 Å². The molecule has 1 saturated carbocycles. The number of aliphatic carboxylic acids is 1. The van der Waals surface area contributed by atoms with Gasteiger partial charge in [-0.2, -0.15) is 0 Å². The second kappa shape index (κ2) is 5.98. The van der Waals surface area contributed by atoms with Gasteiger partial charge in [0.1, 0.15) is 17.3 Å². The summed E-state index contributed by atoms with van der Waals surface area (Å²) in [6.45, 7) is 0. The van der Waals surface area contributed by atoms with E-state index in [1.807, 2.05) is 0 Å². The third-order valence-electron chi connectivity index (χ3n) is 5.45. The highest BCUT2D eigenvalue weighted by Crippen LogP contribution is 2.40. The lowest BCUT2D eigenvalue weighted by Gasteiger charge is -2.32. The summed E-state index contributed by atoms with van der Waals surface area (Å²) in [5, 5.41) is 9.57. The molecule has 3 heterocycles. The quantitative estimate of drug-likeness (QED) is 0.895. The van der Waals surface area contributed by atoms with Gasteiger partial charge in [0.2, 0.25) is 0 Å². The Hall–Kier alpha value is -2.70. The van der Waals surface area contributed by atoms with Crippen molar-refractivity contribution in [1.29, 1.82) is 0 Å². The summed E-state index contributed by atoms with van der Waals surface area (Å²) >= 11 is 0. The van der Waals surface area contributed by atoms with Gasteiger partial charge in [0.05, 0.1) is 0 Å². The molecule has 4 rings (SSSR count). The van der Waals surface area contributed by atoms with Crippen LogP contribution in [0.4, 0.5) is 0 Å². The van der Waals surface area contributed by atoms with Gasteiger partial charge in [-0.3, -0.25) is 14.0 Å². The molecule has 0 spiro atoms. The zero-order valence-electron chi connectivity index (χ0n) is 13.7. The van der Waals surface area contributed by atoms with Crippen molar-refractivity contribution >= 4 is 17.5 Å². The highest BCUT2D eigenvalue weighted by atomic mass is 16.4. The summed E-state index contributed by atoms with van der Waals surface area (Å²) < 4.78 is 1.32. The molecule has 0 bridgehead atoms. The molecule has 0 radical (unpaired) electrons. The molecule has 130 valence electrons. The minimum absolute atomic E-state index is 0.0684. The van der Waals surface area contributed by atoms with Gasteiger partial charge < -0.3 is 10.0 Å². The number of carbonyl (C=O) groups excluding carboxylic acids is 1. The predicted octanol–water partition coefficient (Wildman–Crippen LogP) is 1.55. The van der Waals surface area contributed by atoms with Crippen molar-refractivity contribution in [2.75, 3.05) is 0 Å². The fourth-order valence-electron chi connectivity index (χ4n) is 4.29. The fourth-order valence-corrected chi connectivity index (χ4v) is 4.29. The maximum Gasteiger partial charge on any atom is 0.326 e. The zero-order valence-corrected chi connectivity index (χ0v) is 13.7. The van der Waals surface area contributed by atoms with E-state index in [0.29, 0.717) is 12.1 Å². The zero-order chi connectivity index (χ0) is 17.6. The molecule has 1 amide bonds. The van der Waals surface area contributed by atoms with E-state index in [-0.39, 0.29) is 17.5 Å². The van der Waals surface area contributed by atoms with E-state index in [0.717, 1.165) is 25.7 Å². The Morgan fingerprint density at radius 3 is 2.80 bits per heavy atom. The van der Waals surface area contributed by atoms with Crippen molar-refractivity contribution in [2.45, 2.75) is 44.2 Å². The molecule has 1 aliphatic carbocycles. The van der Waals surface area contributed by atoms with Crippen LogP contribution >= 0.6 is 0 Å². The Morgan fingerprint density at radius 2 is 2.00 bits per heavy atom. The Bertz CT molecular complexity index is 907. The summed E-state index contributed by atoms with van der Waals surface area (Å²) in [7, 11) is 0. The summed E-state index contributed by atoms with van der Waals surface area (Å²) in [5.41, 5.74) is -0.0732. The van der Waals surface area contributed by atoms with Crippen molar-refractivity contribution in [3.8, 4) is 0 Å². The first-order chi connectivity index (χ1) is 12.1. The molecule has 1 saturated heterocycles. The number of rotatable bonds is 2. The van der Waals surface area contributed by atoms with Crippen LogP contribution in [0.15, 0.2) is 35.4 Å². The molecule has 0 aromatic carbocycles. The molecule has 2 aliphatic rings. The van der Waals surface area contributed by atoms with Crippen LogP contribution in [0.1, 0.15) is 42.5 Å². The van der Waals surface area contributed by atoms with Crippen LogP contribution in [0, 0.1) is 5.92 Å². The number of pyridine rings is 1. The number of likely N-dealkylation sites (tertiary alicyclic amines) is 1. The Balaban J connectivity index is 1.77. The average molecular weight is 341 g/mol. The summed E-state index contributed by atoms with van der Waals surface area (Å²) in [4.78, 5) is 43.1. The summed E-state index contributed by atoms with van der Waals surface area (Å²) in [5.74, 6) is -1.32. The van der Waals surface area contributed by atoms with Crippen molar-refractivity contribution in [2.24, 2.45) is 5.92 Å². The number of nitrogens with zero attached hydrogens (tertiary/aromatic N) is 3. The van der Waals surface area contributed by atoms with Crippen molar-refractivity contribution < 1.29 is 14.7 Å². The smallest absolute Gasteiger partial charge is 0.326 e. The molecule has 2 fully saturated rings. The van der Waals surface area contributed by atoms with E-state index in [1.165, 1.54) is 15.5 Å². The van der Waals surface area contributed by atoms with Crippen molar-refractivity contribution in [3.05, 3.63) is 46.5 Å². The Kier molecular flexibility index (Phi) is 3.78. The van der Waals surface area contributed by atoms with E-state index in [2.05, 4.69) is 4.98 Å². The largest absolute Gasteiger partial charge is 0.480 e.